The Bertz CT molecular complexity index is 320. The van der Waals surface area contributed by atoms with Crippen LogP contribution in [0.5, 0.6) is 0 Å². The van der Waals surface area contributed by atoms with Crippen molar-refractivity contribution in [2.75, 3.05) is 6.54 Å². The van der Waals surface area contributed by atoms with Crippen molar-refractivity contribution in [3.63, 3.8) is 0 Å². The summed E-state index contributed by atoms with van der Waals surface area (Å²) in [4.78, 5) is 11.4. The van der Waals surface area contributed by atoms with E-state index in [9.17, 15) is 4.79 Å². The van der Waals surface area contributed by atoms with E-state index in [-0.39, 0.29) is 16.9 Å². The summed E-state index contributed by atoms with van der Waals surface area (Å²) in [5.41, 5.74) is 0. The summed E-state index contributed by atoms with van der Waals surface area (Å²) in [6, 6.07) is 3.13. The Morgan fingerprint density at radius 1 is 1.53 bits per heavy atom. The van der Waals surface area contributed by atoms with Gasteiger partial charge in [0.2, 0.25) is 0 Å². The minimum atomic E-state index is -0.203. The van der Waals surface area contributed by atoms with Gasteiger partial charge in [-0.25, -0.2) is 0 Å². The monoisotopic (exact) mass is 229 g/mol. The average Bonchev–Trinajstić information content (AvgIpc) is 2.59. The van der Waals surface area contributed by atoms with Gasteiger partial charge in [0, 0.05) is 6.54 Å². The van der Waals surface area contributed by atoms with Gasteiger partial charge in [-0.05, 0) is 42.5 Å². The number of nitrogens with one attached hydrogen (secondary N) is 1. The van der Waals surface area contributed by atoms with E-state index >= 15 is 0 Å². The molecule has 84 valence electrons. The SMILES string of the molecule is CC(C)CCCNC(=O)c1ccc(Cl)o1. The van der Waals surface area contributed by atoms with Crippen LogP contribution in [0, 0.1) is 5.92 Å². The third kappa shape index (κ3) is 4.38. The number of amides is 1. The molecule has 0 fully saturated rings. The number of hydrogen-bond acceptors (Lipinski definition) is 2. The Labute approximate surface area is 94.8 Å². The molecule has 0 bridgehead atoms. The van der Waals surface area contributed by atoms with Gasteiger partial charge >= 0.3 is 0 Å². The fraction of sp³-hybridized carbons (Fsp3) is 0.545. The Hall–Kier alpha value is -0.960. The van der Waals surface area contributed by atoms with Crippen molar-refractivity contribution in [1.82, 2.24) is 5.32 Å². The molecule has 0 aromatic carbocycles. The van der Waals surface area contributed by atoms with Gasteiger partial charge in [0.1, 0.15) is 0 Å². The fourth-order valence-electron chi connectivity index (χ4n) is 1.24. The van der Waals surface area contributed by atoms with Crippen LogP contribution >= 0.6 is 11.6 Å². The highest BCUT2D eigenvalue weighted by Gasteiger charge is 2.09. The predicted octanol–water partition coefficient (Wildman–Crippen LogP) is 3.10. The molecule has 1 aromatic rings. The zero-order chi connectivity index (χ0) is 11.3. The Kier molecular flexibility index (Phi) is 4.69. The number of carbonyl (C=O) groups excluding carboxylic acids is 1. The molecule has 0 spiro atoms. The molecule has 1 N–H and O–H groups in total. The first-order valence-electron chi connectivity index (χ1n) is 5.13. The first kappa shape index (κ1) is 12.1. The van der Waals surface area contributed by atoms with Crippen molar-refractivity contribution in [2.45, 2.75) is 26.7 Å². The molecule has 4 heteroatoms. The van der Waals surface area contributed by atoms with Crippen LogP contribution in [0.4, 0.5) is 0 Å². The summed E-state index contributed by atoms with van der Waals surface area (Å²) in [5, 5.41) is 3.01. The van der Waals surface area contributed by atoms with Gasteiger partial charge in [-0.2, -0.15) is 0 Å². The zero-order valence-electron chi connectivity index (χ0n) is 9.05. The van der Waals surface area contributed by atoms with Crippen molar-refractivity contribution in [3.05, 3.63) is 23.1 Å². The summed E-state index contributed by atoms with van der Waals surface area (Å²) in [6.45, 7) is 5.00. The lowest BCUT2D eigenvalue weighted by molar-refractivity contribution is 0.0925. The highest BCUT2D eigenvalue weighted by atomic mass is 35.5. The molecule has 1 aromatic heterocycles. The van der Waals surface area contributed by atoms with Gasteiger partial charge < -0.3 is 9.73 Å². The second kappa shape index (κ2) is 5.81. The zero-order valence-corrected chi connectivity index (χ0v) is 9.80. The molecular formula is C11H16ClNO2. The lowest BCUT2D eigenvalue weighted by Gasteiger charge is -2.05. The van der Waals surface area contributed by atoms with E-state index in [1.807, 2.05) is 0 Å². The van der Waals surface area contributed by atoms with Crippen molar-refractivity contribution < 1.29 is 9.21 Å². The predicted molar refractivity (Wildman–Crippen MR) is 60.1 cm³/mol. The average molecular weight is 230 g/mol. The van der Waals surface area contributed by atoms with E-state index in [0.717, 1.165) is 12.8 Å². The van der Waals surface area contributed by atoms with Crippen LogP contribution in [-0.4, -0.2) is 12.5 Å². The van der Waals surface area contributed by atoms with Crippen molar-refractivity contribution >= 4 is 17.5 Å². The number of rotatable bonds is 5. The van der Waals surface area contributed by atoms with Crippen molar-refractivity contribution in [1.29, 1.82) is 0 Å². The Balaban J connectivity index is 2.25. The molecule has 15 heavy (non-hydrogen) atoms. The highest BCUT2D eigenvalue weighted by Crippen LogP contribution is 2.12. The third-order valence-electron chi connectivity index (χ3n) is 2.04. The van der Waals surface area contributed by atoms with Crippen LogP contribution in [0.2, 0.25) is 5.22 Å². The molecule has 1 heterocycles. The summed E-state index contributed by atoms with van der Waals surface area (Å²) in [6.07, 6.45) is 2.09. The van der Waals surface area contributed by atoms with Gasteiger partial charge in [-0.3, -0.25) is 4.79 Å². The van der Waals surface area contributed by atoms with E-state index in [1.165, 1.54) is 0 Å². The van der Waals surface area contributed by atoms with Crippen molar-refractivity contribution in [3.8, 4) is 0 Å². The number of halogens is 1. The minimum Gasteiger partial charge on any atom is -0.440 e. The smallest absolute Gasteiger partial charge is 0.287 e. The topological polar surface area (TPSA) is 42.2 Å². The van der Waals surface area contributed by atoms with Gasteiger partial charge in [-0.15, -0.1) is 0 Å². The quantitative estimate of drug-likeness (QED) is 0.789. The lowest BCUT2D eigenvalue weighted by atomic mass is 10.1. The van der Waals surface area contributed by atoms with Crippen molar-refractivity contribution in [2.24, 2.45) is 5.92 Å². The number of hydrogen-bond donors (Lipinski definition) is 1. The maximum Gasteiger partial charge on any atom is 0.287 e. The van der Waals surface area contributed by atoms with Crippen LogP contribution in [0.25, 0.3) is 0 Å². The molecule has 0 radical (unpaired) electrons. The molecule has 1 amide bonds. The molecule has 0 aliphatic heterocycles. The Morgan fingerprint density at radius 3 is 2.80 bits per heavy atom. The summed E-state index contributed by atoms with van der Waals surface area (Å²) in [5.74, 6) is 0.732. The molecule has 0 atom stereocenters. The van der Waals surface area contributed by atoms with Gasteiger partial charge in [0.15, 0.2) is 11.0 Å². The normalized spacial score (nSPS) is 10.7. The fourth-order valence-corrected chi connectivity index (χ4v) is 1.38. The second-order valence-electron chi connectivity index (χ2n) is 3.90. The van der Waals surface area contributed by atoms with Gasteiger partial charge in [0.25, 0.3) is 5.91 Å². The summed E-state index contributed by atoms with van der Waals surface area (Å²) in [7, 11) is 0. The van der Waals surface area contributed by atoms with E-state index < -0.39 is 0 Å². The standard InChI is InChI=1S/C11H16ClNO2/c1-8(2)4-3-7-13-11(14)9-5-6-10(12)15-9/h5-6,8H,3-4,7H2,1-2H3,(H,13,14). The summed E-state index contributed by atoms with van der Waals surface area (Å²) < 4.78 is 4.98. The molecule has 0 aliphatic carbocycles. The third-order valence-corrected chi connectivity index (χ3v) is 2.24. The lowest BCUT2D eigenvalue weighted by Crippen LogP contribution is -2.24. The van der Waals surface area contributed by atoms with E-state index in [1.54, 1.807) is 12.1 Å². The number of furan rings is 1. The molecule has 0 unspecified atom stereocenters. The molecule has 0 saturated heterocycles. The molecular weight excluding hydrogens is 214 g/mol. The van der Waals surface area contributed by atoms with Crippen LogP contribution in [0.1, 0.15) is 37.2 Å². The first-order chi connectivity index (χ1) is 7.09. The van der Waals surface area contributed by atoms with E-state index in [4.69, 9.17) is 16.0 Å². The molecule has 0 saturated carbocycles. The largest absolute Gasteiger partial charge is 0.440 e. The highest BCUT2D eigenvalue weighted by molar-refractivity contribution is 6.29. The van der Waals surface area contributed by atoms with Crippen LogP contribution in [0.3, 0.4) is 0 Å². The van der Waals surface area contributed by atoms with Crippen LogP contribution < -0.4 is 5.32 Å². The van der Waals surface area contributed by atoms with Crippen LogP contribution in [0.15, 0.2) is 16.5 Å². The molecule has 1 rings (SSSR count). The van der Waals surface area contributed by atoms with Gasteiger partial charge in [-0.1, -0.05) is 13.8 Å². The summed E-state index contributed by atoms with van der Waals surface area (Å²) >= 11 is 5.56. The number of carbonyl (C=O) groups is 1. The minimum absolute atomic E-state index is 0.203. The van der Waals surface area contributed by atoms with E-state index in [0.29, 0.717) is 12.5 Å². The van der Waals surface area contributed by atoms with Crippen LogP contribution in [-0.2, 0) is 0 Å². The van der Waals surface area contributed by atoms with E-state index in [2.05, 4.69) is 19.2 Å². The first-order valence-corrected chi connectivity index (χ1v) is 5.51. The Morgan fingerprint density at radius 2 is 2.27 bits per heavy atom. The maximum atomic E-state index is 11.4. The molecule has 3 nitrogen and oxygen atoms in total. The van der Waals surface area contributed by atoms with Gasteiger partial charge in [0.05, 0.1) is 0 Å². The molecule has 0 aliphatic rings. The second-order valence-corrected chi connectivity index (χ2v) is 4.27. The maximum absolute atomic E-state index is 11.4.